The molecule has 1 atom stereocenters. The van der Waals surface area contributed by atoms with Crippen molar-refractivity contribution in [1.82, 2.24) is 5.32 Å². The number of amides is 1. The number of sulfonamides is 1. The summed E-state index contributed by atoms with van der Waals surface area (Å²) in [5.41, 5.74) is 0.532. The van der Waals surface area contributed by atoms with Crippen molar-refractivity contribution in [3.8, 4) is 5.75 Å². The molecule has 3 aromatic carbocycles. The zero-order valence-electron chi connectivity index (χ0n) is 18.0. The topological polar surface area (TPSA) is 119 Å². The second-order valence-electron chi connectivity index (χ2n) is 7.16. The number of nitro groups is 1. The molecule has 9 nitrogen and oxygen atoms in total. The highest BCUT2D eigenvalue weighted by Gasteiger charge is 2.28. The number of carbonyl (C=O) groups excluding carboxylic acids is 1. The molecule has 3 aromatic rings. The minimum Gasteiger partial charge on any atom is -0.497 e. The lowest BCUT2D eigenvalue weighted by Crippen LogP contribution is -2.41. The number of nitrogens with one attached hydrogen (secondary N) is 1. The zero-order chi connectivity index (χ0) is 24.0. The van der Waals surface area contributed by atoms with Crippen molar-refractivity contribution in [3.05, 3.63) is 94.5 Å². The Hall–Kier alpha value is -3.92. The van der Waals surface area contributed by atoms with Crippen LogP contribution in [0.4, 0.5) is 11.4 Å². The Morgan fingerprint density at radius 1 is 1.06 bits per heavy atom. The summed E-state index contributed by atoms with van der Waals surface area (Å²) in [6, 6.07) is 19.4. The smallest absolute Gasteiger partial charge is 0.271 e. The molecule has 0 heterocycles. The van der Waals surface area contributed by atoms with E-state index in [9.17, 15) is 23.3 Å². The van der Waals surface area contributed by atoms with Crippen LogP contribution in [-0.2, 0) is 14.8 Å². The number of nitro benzene ring substituents is 1. The van der Waals surface area contributed by atoms with Crippen LogP contribution in [0.1, 0.15) is 18.5 Å². The Balaban J connectivity index is 1.90. The first kappa shape index (κ1) is 23.7. The normalized spacial score (nSPS) is 11.9. The highest BCUT2D eigenvalue weighted by Crippen LogP contribution is 2.27. The summed E-state index contributed by atoms with van der Waals surface area (Å²) in [5, 5.41) is 14.0. The summed E-state index contributed by atoms with van der Waals surface area (Å²) in [4.78, 5) is 23.4. The minimum atomic E-state index is -4.17. The van der Waals surface area contributed by atoms with Gasteiger partial charge in [0.2, 0.25) is 5.91 Å². The van der Waals surface area contributed by atoms with Gasteiger partial charge in [0, 0.05) is 12.1 Å². The van der Waals surface area contributed by atoms with Crippen molar-refractivity contribution < 1.29 is 22.9 Å². The van der Waals surface area contributed by atoms with E-state index in [1.54, 1.807) is 56.5 Å². The van der Waals surface area contributed by atoms with Gasteiger partial charge in [-0.05, 0) is 42.8 Å². The second kappa shape index (κ2) is 10.1. The minimum absolute atomic E-state index is 0.0142. The predicted octanol–water partition coefficient (Wildman–Crippen LogP) is 3.68. The Labute approximate surface area is 191 Å². The van der Waals surface area contributed by atoms with E-state index < -0.39 is 33.4 Å². The maximum absolute atomic E-state index is 13.3. The largest absolute Gasteiger partial charge is 0.497 e. The van der Waals surface area contributed by atoms with Crippen LogP contribution in [0.25, 0.3) is 0 Å². The summed E-state index contributed by atoms with van der Waals surface area (Å²) in [7, 11) is -2.62. The van der Waals surface area contributed by atoms with E-state index in [2.05, 4.69) is 5.32 Å². The SMILES string of the molecule is COc1ccc([C@@H](C)NC(=O)CN(c2cccc([N+](=O)[O-])c2)S(=O)(=O)c2ccccc2)cc1. The molecule has 0 bridgehead atoms. The summed E-state index contributed by atoms with van der Waals surface area (Å²) >= 11 is 0. The fourth-order valence-electron chi connectivity index (χ4n) is 3.19. The van der Waals surface area contributed by atoms with Gasteiger partial charge in [-0.3, -0.25) is 19.2 Å². The van der Waals surface area contributed by atoms with Gasteiger partial charge in [-0.25, -0.2) is 8.42 Å². The predicted molar refractivity (Wildman–Crippen MR) is 124 cm³/mol. The number of ether oxygens (including phenoxy) is 1. The maximum Gasteiger partial charge on any atom is 0.271 e. The average molecular weight is 470 g/mol. The summed E-state index contributed by atoms with van der Waals surface area (Å²) in [5.74, 6) is 0.104. The molecule has 1 N–H and O–H groups in total. The number of anilines is 1. The number of rotatable bonds is 9. The van der Waals surface area contributed by atoms with Gasteiger partial charge in [-0.2, -0.15) is 0 Å². The van der Waals surface area contributed by atoms with Gasteiger partial charge in [0.05, 0.1) is 28.7 Å². The van der Waals surface area contributed by atoms with Crippen molar-refractivity contribution in [2.24, 2.45) is 0 Å². The van der Waals surface area contributed by atoms with Gasteiger partial charge in [0.1, 0.15) is 12.3 Å². The van der Waals surface area contributed by atoms with Crippen LogP contribution in [0.5, 0.6) is 5.75 Å². The fourth-order valence-corrected chi connectivity index (χ4v) is 4.62. The first-order valence-electron chi connectivity index (χ1n) is 9.98. The van der Waals surface area contributed by atoms with Crippen LogP contribution in [-0.4, -0.2) is 32.9 Å². The van der Waals surface area contributed by atoms with Crippen LogP contribution >= 0.6 is 0 Å². The van der Waals surface area contributed by atoms with E-state index in [0.29, 0.717) is 5.75 Å². The molecule has 10 heteroatoms. The number of carbonyl (C=O) groups is 1. The highest BCUT2D eigenvalue weighted by atomic mass is 32.2. The van der Waals surface area contributed by atoms with Gasteiger partial charge < -0.3 is 10.1 Å². The lowest BCUT2D eigenvalue weighted by Gasteiger charge is -2.25. The zero-order valence-corrected chi connectivity index (χ0v) is 18.9. The molecular weight excluding hydrogens is 446 g/mol. The number of benzene rings is 3. The average Bonchev–Trinajstić information content (AvgIpc) is 2.83. The molecule has 0 radical (unpaired) electrons. The van der Waals surface area contributed by atoms with Crippen molar-refractivity contribution in [3.63, 3.8) is 0 Å². The van der Waals surface area contributed by atoms with Crippen molar-refractivity contribution in [2.45, 2.75) is 17.9 Å². The molecule has 0 aliphatic carbocycles. The highest BCUT2D eigenvalue weighted by molar-refractivity contribution is 7.92. The fraction of sp³-hybridized carbons (Fsp3) is 0.174. The molecule has 33 heavy (non-hydrogen) atoms. The van der Waals surface area contributed by atoms with E-state index >= 15 is 0 Å². The quantitative estimate of drug-likeness (QED) is 0.377. The Kier molecular flexibility index (Phi) is 7.29. The number of hydrogen-bond acceptors (Lipinski definition) is 6. The van der Waals surface area contributed by atoms with Gasteiger partial charge in [-0.1, -0.05) is 36.4 Å². The monoisotopic (exact) mass is 469 g/mol. The standard InChI is InChI=1S/C23H23N3O6S/c1-17(18-11-13-21(32-2)14-12-18)24-23(27)16-25(19-7-6-8-20(15-19)26(28)29)33(30,31)22-9-4-3-5-10-22/h3-15,17H,16H2,1-2H3,(H,24,27)/t17-/m1/s1. The summed E-state index contributed by atoms with van der Waals surface area (Å²) < 4.78 is 32.7. The van der Waals surface area contributed by atoms with Crippen LogP contribution in [0.3, 0.4) is 0 Å². The lowest BCUT2D eigenvalue weighted by molar-refractivity contribution is -0.384. The number of hydrogen-bond donors (Lipinski definition) is 1. The lowest BCUT2D eigenvalue weighted by atomic mass is 10.1. The Morgan fingerprint density at radius 3 is 2.33 bits per heavy atom. The molecule has 0 saturated carbocycles. The second-order valence-corrected chi connectivity index (χ2v) is 9.03. The van der Waals surface area contributed by atoms with Gasteiger partial charge in [0.25, 0.3) is 15.7 Å². The van der Waals surface area contributed by atoms with Crippen LogP contribution in [0.2, 0.25) is 0 Å². The van der Waals surface area contributed by atoms with E-state index in [1.165, 1.54) is 30.3 Å². The molecule has 0 aliphatic rings. The number of non-ortho nitro benzene ring substituents is 1. The first-order valence-corrected chi connectivity index (χ1v) is 11.4. The van der Waals surface area contributed by atoms with Gasteiger partial charge in [0.15, 0.2) is 0 Å². The molecule has 172 valence electrons. The van der Waals surface area contributed by atoms with E-state index in [0.717, 1.165) is 15.9 Å². The van der Waals surface area contributed by atoms with Gasteiger partial charge in [-0.15, -0.1) is 0 Å². The summed E-state index contributed by atoms with van der Waals surface area (Å²) in [6.07, 6.45) is 0. The van der Waals surface area contributed by atoms with Crippen molar-refractivity contribution in [1.29, 1.82) is 0 Å². The van der Waals surface area contributed by atoms with E-state index in [-0.39, 0.29) is 16.3 Å². The molecule has 3 rings (SSSR count). The maximum atomic E-state index is 13.3. The van der Waals surface area contributed by atoms with E-state index in [1.807, 2.05) is 0 Å². The molecular formula is C23H23N3O6S. The third kappa shape index (κ3) is 5.66. The van der Waals surface area contributed by atoms with Crippen LogP contribution in [0, 0.1) is 10.1 Å². The number of nitrogens with zero attached hydrogens (tertiary/aromatic N) is 2. The molecule has 0 saturated heterocycles. The number of methoxy groups -OCH3 is 1. The van der Waals surface area contributed by atoms with Crippen LogP contribution < -0.4 is 14.4 Å². The van der Waals surface area contributed by atoms with Crippen LogP contribution in [0.15, 0.2) is 83.8 Å². The van der Waals surface area contributed by atoms with Gasteiger partial charge >= 0.3 is 0 Å². The molecule has 0 aliphatic heterocycles. The summed E-state index contributed by atoms with van der Waals surface area (Å²) in [6.45, 7) is 1.21. The van der Waals surface area contributed by atoms with Crippen molar-refractivity contribution in [2.75, 3.05) is 18.0 Å². The molecule has 0 aromatic heterocycles. The molecule has 0 unspecified atom stereocenters. The first-order chi connectivity index (χ1) is 15.7. The van der Waals surface area contributed by atoms with E-state index in [4.69, 9.17) is 4.74 Å². The third-order valence-electron chi connectivity index (χ3n) is 4.94. The molecule has 0 fully saturated rings. The molecule has 0 spiro atoms. The Morgan fingerprint density at radius 2 is 1.73 bits per heavy atom. The van der Waals surface area contributed by atoms with Crippen molar-refractivity contribution >= 4 is 27.3 Å². The Bertz CT molecular complexity index is 1230. The third-order valence-corrected chi connectivity index (χ3v) is 6.73. The molecule has 1 amide bonds.